The first kappa shape index (κ1) is 15.5. The minimum atomic E-state index is -0.220. The van der Waals surface area contributed by atoms with E-state index in [1.54, 1.807) is 6.07 Å². The van der Waals surface area contributed by atoms with Crippen molar-refractivity contribution in [3.63, 3.8) is 0 Å². The molecule has 2 N–H and O–H groups in total. The molecule has 21 heavy (non-hydrogen) atoms. The summed E-state index contributed by atoms with van der Waals surface area (Å²) in [5.74, 6) is 0.479. The molecule has 0 unspecified atom stereocenters. The molecule has 1 aromatic heterocycles. The van der Waals surface area contributed by atoms with Crippen LogP contribution in [0.3, 0.4) is 0 Å². The lowest BCUT2D eigenvalue weighted by Crippen LogP contribution is -2.15. The van der Waals surface area contributed by atoms with Crippen molar-refractivity contribution in [2.75, 3.05) is 17.2 Å². The van der Waals surface area contributed by atoms with Crippen LogP contribution in [0.25, 0.3) is 0 Å². The Bertz CT molecular complexity index is 647. The number of benzene rings is 1. The summed E-state index contributed by atoms with van der Waals surface area (Å²) >= 11 is 3.49. The van der Waals surface area contributed by atoms with Gasteiger partial charge in [0.1, 0.15) is 11.5 Å². The Balaban J connectivity index is 2.24. The number of aromatic nitrogens is 1. The standard InChI is InChI=1S/C16H18BrN3O/c1-4-18-14-7-5-6-13(19-14)16(21)20-15-11(3)8-10(2)9-12(15)17/h5-9H,4H2,1-3H3,(H,18,19)(H,20,21). The molecule has 5 heteroatoms. The van der Waals surface area contributed by atoms with Gasteiger partial charge >= 0.3 is 0 Å². The van der Waals surface area contributed by atoms with Gasteiger partial charge in [0.25, 0.3) is 5.91 Å². The number of pyridine rings is 1. The number of nitrogens with one attached hydrogen (secondary N) is 2. The van der Waals surface area contributed by atoms with Crippen molar-refractivity contribution >= 4 is 33.3 Å². The number of aryl methyl sites for hydroxylation is 2. The number of nitrogens with zero attached hydrogens (tertiary/aromatic N) is 1. The summed E-state index contributed by atoms with van der Waals surface area (Å²) in [5, 5.41) is 6.01. The van der Waals surface area contributed by atoms with Crippen molar-refractivity contribution in [1.82, 2.24) is 4.98 Å². The Labute approximate surface area is 133 Å². The summed E-state index contributed by atoms with van der Waals surface area (Å²) in [6.07, 6.45) is 0. The van der Waals surface area contributed by atoms with Gasteiger partial charge in [-0.15, -0.1) is 0 Å². The first-order chi connectivity index (χ1) is 10.0. The van der Waals surface area contributed by atoms with Gasteiger partial charge in [0.2, 0.25) is 0 Å². The molecule has 0 aliphatic heterocycles. The molecule has 0 aliphatic carbocycles. The van der Waals surface area contributed by atoms with E-state index in [1.165, 1.54) is 0 Å². The fourth-order valence-electron chi connectivity index (χ4n) is 2.09. The van der Waals surface area contributed by atoms with Crippen LogP contribution in [-0.4, -0.2) is 17.4 Å². The van der Waals surface area contributed by atoms with E-state index in [0.717, 1.165) is 27.8 Å². The van der Waals surface area contributed by atoms with Gasteiger partial charge in [0.05, 0.1) is 5.69 Å². The predicted molar refractivity (Wildman–Crippen MR) is 90.0 cm³/mol. The van der Waals surface area contributed by atoms with Gasteiger partial charge in [-0.05, 0) is 66.0 Å². The van der Waals surface area contributed by atoms with Crippen LogP contribution >= 0.6 is 15.9 Å². The Morgan fingerprint density at radius 2 is 2.05 bits per heavy atom. The van der Waals surface area contributed by atoms with E-state index in [-0.39, 0.29) is 5.91 Å². The molecule has 0 fully saturated rings. The van der Waals surface area contributed by atoms with Gasteiger partial charge in [-0.25, -0.2) is 4.98 Å². The van der Waals surface area contributed by atoms with E-state index in [2.05, 4.69) is 31.5 Å². The van der Waals surface area contributed by atoms with Gasteiger partial charge < -0.3 is 10.6 Å². The van der Waals surface area contributed by atoms with Gasteiger partial charge in [-0.2, -0.15) is 0 Å². The van der Waals surface area contributed by atoms with Crippen LogP contribution in [0, 0.1) is 13.8 Å². The molecule has 2 rings (SSSR count). The number of carbonyl (C=O) groups excluding carboxylic acids is 1. The summed E-state index contributed by atoms with van der Waals surface area (Å²) in [5.41, 5.74) is 3.32. The lowest BCUT2D eigenvalue weighted by Gasteiger charge is -2.12. The third-order valence-electron chi connectivity index (χ3n) is 3.01. The van der Waals surface area contributed by atoms with Crippen molar-refractivity contribution in [1.29, 1.82) is 0 Å². The first-order valence-corrected chi connectivity index (χ1v) is 7.59. The second kappa shape index (κ2) is 6.72. The van der Waals surface area contributed by atoms with Crippen molar-refractivity contribution in [3.8, 4) is 0 Å². The van der Waals surface area contributed by atoms with Crippen LogP contribution in [0.2, 0.25) is 0 Å². The van der Waals surface area contributed by atoms with Crippen molar-refractivity contribution in [3.05, 3.63) is 51.6 Å². The molecule has 0 radical (unpaired) electrons. The third kappa shape index (κ3) is 3.82. The van der Waals surface area contributed by atoms with Gasteiger partial charge in [-0.1, -0.05) is 12.1 Å². The molecule has 2 aromatic rings. The minimum Gasteiger partial charge on any atom is -0.370 e. The number of halogens is 1. The highest BCUT2D eigenvalue weighted by Gasteiger charge is 2.12. The van der Waals surface area contributed by atoms with Crippen molar-refractivity contribution in [2.24, 2.45) is 0 Å². The molecule has 0 bridgehead atoms. The molecular formula is C16H18BrN3O. The lowest BCUT2D eigenvalue weighted by atomic mass is 10.1. The Morgan fingerprint density at radius 1 is 1.29 bits per heavy atom. The Morgan fingerprint density at radius 3 is 2.71 bits per heavy atom. The van der Waals surface area contributed by atoms with E-state index in [4.69, 9.17) is 0 Å². The molecule has 0 spiro atoms. The van der Waals surface area contributed by atoms with Crippen LogP contribution in [0.1, 0.15) is 28.5 Å². The molecule has 4 nitrogen and oxygen atoms in total. The average Bonchev–Trinajstić information content (AvgIpc) is 2.43. The maximum atomic E-state index is 12.3. The molecule has 110 valence electrons. The van der Waals surface area contributed by atoms with Crippen LogP contribution in [0.4, 0.5) is 11.5 Å². The second-order valence-corrected chi connectivity index (χ2v) is 5.69. The summed E-state index contributed by atoms with van der Waals surface area (Å²) in [6, 6.07) is 9.37. The second-order valence-electron chi connectivity index (χ2n) is 4.83. The highest BCUT2D eigenvalue weighted by molar-refractivity contribution is 9.10. The van der Waals surface area contributed by atoms with Crippen LogP contribution in [0.5, 0.6) is 0 Å². The van der Waals surface area contributed by atoms with Gasteiger partial charge in [0.15, 0.2) is 0 Å². The fraction of sp³-hybridized carbons (Fsp3) is 0.250. The zero-order valence-corrected chi connectivity index (χ0v) is 13.9. The van der Waals surface area contributed by atoms with Crippen LogP contribution in [0.15, 0.2) is 34.8 Å². The Kier molecular flexibility index (Phi) is 4.96. The lowest BCUT2D eigenvalue weighted by molar-refractivity contribution is 0.102. The SMILES string of the molecule is CCNc1cccc(C(=O)Nc2c(C)cc(C)cc2Br)n1. The average molecular weight is 348 g/mol. The normalized spacial score (nSPS) is 10.3. The minimum absolute atomic E-state index is 0.220. The fourth-order valence-corrected chi connectivity index (χ4v) is 2.87. The van der Waals surface area contributed by atoms with E-state index in [1.807, 2.05) is 45.0 Å². The molecule has 1 amide bonds. The van der Waals surface area contributed by atoms with E-state index < -0.39 is 0 Å². The zero-order valence-electron chi connectivity index (χ0n) is 12.3. The maximum absolute atomic E-state index is 12.3. The summed E-state index contributed by atoms with van der Waals surface area (Å²) < 4.78 is 0.871. The monoisotopic (exact) mass is 347 g/mol. The maximum Gasteiger partial charge on any atom is 0.274 e. The number of amides is 1. The summed E-state index contributed by atoms with van der Waals surface area (Å²) in [6.45, 7) is 6.74. The zero-order chi connectivity index (χ0) is 15.4. The molecule has 0 saturated carbocycles. The molecule has 0 aliphatic rings. The van der Waals surface area contributed by atoms with E-state index >= 15 is 0 Å². The molecule has 0 saturated heterocycles. The van der Waals surface area contributed by atoms with Crippen LogP contribution in [-0.2, 0) is 0 Å². The highest BCUT2D eigenvalue weighted by atomic mass is 79.9. The smallest absolute Gasteiger partial charge is 0.274 e. The molecule has 1 heterocycles. The van der Waals surface area contributed by atoms with Crippen molar-refractivity contribution < 1.29 is 4.79 Å². The van der Waals surface area contributed by atoms with Crippen LogP contribution < -0.4 is 10.6 Å². The van der Waals surface area contributed by atoms with Gasteiger partial charge in [0, 0.05) is 11.0 Å². The van der Waals surface area contributed by atoms with Gasteiger partial charge in [-0.3, -0.25) is 4.79 Å². The quantitative estimate of drug-likeness (QED) is 0.873. The molecular weight excluding hydrogens is 330 g/mol. The number of rotatable bonds is 4. The largest absolute Gasteiger partial charge is 0.370 e. The van der Waals surface area contributed by atoms with Crippen molar-refractivity contribution in [2.45, 2.75) is 20.8 Å². The predicted octanol–water partition coefficient (Wildman–Crippen LogP) is 4.15. The summed E-state index contributed by atoms with van der Waals surface area (Å²) in [7, 11) is 0. The molecule has 0 atom stereocenters. The van der Waals surface area contributed by atoms with E-state index in [0.29, 0.717) is 11.5 Å². The Hall–Kier alpha value is -1.88. The number of hydrogen-bond donors (Lipinski definition) is 2. The number of anilines is 2. The third-order valence-corrected chi connectivity index (χ3v) is 3.64. The topological polar surface area (TPSA) is 54.0 Å². The number of hydrogen-bond acceptors (Lipinski definition) is 3. The highest BCUT2D eigenvalue weighted by Crippen LogP contribution is 2.28. The first-order valence-electron chi connectivity index (χ1n) is 6.80. The van der Waals surface area contributed by atoms with E-state index in [9.17, 15) is 4.79 Å². The number of carbonyl (C=O) groups is 1. The summed E-state index contributed by atoms with van der Waals surface area (Å²) in [4.78, 5) is 16.6. The molecule has 1 aromatic carbocycles.